The average molecular weight is 377 g/mol. The number of rotatable bonds is 6. The summed E-state index contributed by atoms with van der Waals surface area (Å²) >= 11 is 0. The van der Waals surface area contributed by atoms with Crippen LogP contribution in [0.15, 0.2) is 64.6 Å². The fourth-order valence-corrected chi connectivity index (χ4v) is 3.00. The summed E-state index contributed by atoms with van der Waals surface area (Å²) in [6.07, 6.45) is 3.21. The van der Waals surface area contributed by atoms with Crippen LogP contribution in [-0.2, 0) is 0 Å². The van der Waals surface area contributed by atoms with Gasteiger partial charge in [-0.3, -0.25) is 9.59 Å². The summed E-state index contributed by atoms with van der Waals surface area (Å²) in [5.41, 5.74) is 2.93. The van der Waals surface area contributed by atoms with Crippen molar-refractivity contribution in [3.63, 3.8) is 0 Å². The number of nitrogens with zero attached hydrogens (tertiary/aromatic N) is 2. The maximum atomic E-state index is 12.4. The van der Waals surface area contributed by atoms with Gasteiger partial charge in [0.05, 0.1) is 12.8 Å². The fraction of sp³-hybridized carbons (Fsp3) is 0.227. The lowest BCUT2D eigenvalue weighted by Gasteiger charge is -2.11. The molecule has 1 aromatic heterocycles. The van der Waals surface area contributed by atoms with E-state index in [1.165, 1.54) is 10.6 Å². The van der Waals surface area contributed by atoms with Gasteiger partial charge in [-0.2, -0.15) is 5.10 Å². The molecule has 0 bridgehead atoms. The lowest BCUT2D eigenvalue weighted by molar-refractivity contribution is 0.0953. The molecule has 6 heteroatoms. The summed E-state index contributed by atoms with van der Waals surface area (Å²) in [7, 11) is 0. The normalized spacial score (nSPS) is 11.3. The van der Waals surface area contributed by atoms with E-state index in [1.807, 2.05) is 57.2 Å². The minimum Gasteiger partial charge on any atom is -0.493 e. The van der Waals surface area contributed by atoms with Crippen LogP contribution < -0.4 is 15.7 Å². The van der Waals surface area contributed by atoms with E-state index in [9.17, 15) is 9.59 Å². The van der Waals surface area contributed by atoms with Crippen molar-refractivity contribution < 1.29 is 9.53 Å². The molecule has 3 aromatic rings. The highest BCUT2D eigenvalue weighted by Gasteiger charge is 2.13. The Balaban J connectivity index is 1.89. The summed E-state index contributed by atoms with van der Waals surface area (Å²) in [5.74, 6) is 0.135. The molecule has 28 heavy (non-hydrogen) atoms. The first kappa shape index (κ1) is 19.4. The lowest BCUT2D eigenvalue weighted by Crippen LogP contribution is -2.31. The minimum atomic E-state index is -0.547. The molecule has 1 heterocycles. The Morgan fingerprint density at radius 1 is 1.18 bits per heavy atom. The Bertz CT molecular complexity index is 1080. The first-order valence-electron chi connectivity index (χ1n) is 9.22. The molecule has 0 fully saturated rings. The van der Waals surface area contributed by atoms with Crippen molar-refractivity contribution in [1.29, 1.82) is 0 Å². The van der Waals surface area contributed by atoms with Crippen LogP contribution >= 0.6 is 0 Å². The zero-order valence-electron chi connectivity index (χ0n) is 16.2. The van der Waals surface area contributed by atoms with Gasteiger partial charge in [-0.05, 0) is 49.7 Å². The van der Waals surface area contributed by atoms with Gasteiger partial charge in [0.15, 0.2) is 0 Å². The van der Waals surface area contributed by atoms with Crippen molar-refractivity contribution in [1.82, 2.24) is 9.99 Å². The van der Waals surface area contributed by atoms with Crippen LogP contribution in [0.2, 0.25) is 0 Å². The number of amides is 1. The van der Waals surface area contributed by atoms with Crippen LogP contribution in [0.1, 0.15) is 42.7 Å². The fourth-order valence-electron chi connectivity index (χ4n) is 3.00. The molecule has 0 radical (unpaired) electrons. The number of pyridine rings is 1. The molecule has 0 aliphatic heterocycles. The number of aromatic nitrogens is 1. The van der Waals surface area contributed by atoms with Gasteiger partial charge in [0.25, 0.3) is 11.5 Å². The van der Waals surface area contributed by atoms with Gasteiger partial charge >= 0.3 is 0 Å². The summed E-state index contributed by atoms with van der Waals surface area (Å²) in [4.78, 5) is 24.9. The second-order valence-electron chi connectivity index (χ2n) is 6.56. The van der Waals surface area contributed by atoms with Crippen LogP contribution in [0.4, 0.5) is 0 Å². The molecular formula is C22H23N3O3. The van der Waals surface area contributed by atoms with Gasteiger partial charge in [0.2, 0.25) is 0 Å². The molecule has 144 valence electrons. The highest BCUT2D eigenvalue weighted by molar-refractivity contribution is 6.03. The van der Waals surface area contributed by atoms with Crippen LogP contribution in [-0.4, -0.2) is 23.3 Å². The lowest BCUT2D eigenvalue weighted by atomic mass is 10.0. The highest BCUT2D eigenvalue weighted by Crippen LogP contribution is 2.26. The number of nitrogens with one attached hydrogen (secondary N) is 1. The molecule has 3 rings (SSSR count). The highest BCUT2D eigenvalue weighted by atomic mass is 16.5. The molecule has 0 spiro atoms. The third-order valence-corrected chi connectivity index (χ3v) is 4.37. The van der Waals surface area contributed by atoms with E-state index in [4.69, 9.17) is 4.74 Å². The Morgan fingerprint density at radius 2 is 1.96 bits per heavy atom. The summed E-state index contributed by atoms with van der Waals surface area (Å²) in [5, 5.41) is 6.08. The van der Waals surface area contributed by atoms with Gasteiger partial charge in [-0.15, -0.1) is 0 Å². The van der Waals surface area contributed by atoms with E-state index in [0.29, 0.717) is 12.4 Å². The zero-order chi connectivity index (χ0) is 20.1. The Kier molecular flexibility index (Phi) is 5.89. The molecule has 2 aromatic carbocycles. The third kappa shape index (κ3) is 3.96. The van der Waals surface area contributed by atoms with Crippen molar-refractivity contribution in [2.45, 2.75) is 26.8 Å². The van der Waals surface area contributed by atoms with Crippen LogP contribution in [0.25, 0.3) is 10.8 Å². The number of ether oxygens (including phenoxy) is 1. The standard InChI is InChI=1S/C22H23N3O3/c1-4-28-20-12-11-16-8-5-6-9-17(16)19(20)14-23-24-21(26)18-10-7-13-25(15(2)3)22(18)27/h5-15H,4H2,1-3H3,(H,24,26)/b23-14-. The summed E-state index contributed by atoms with van der Waals surface area (Å²) in [6.45, 7) is 6.20. The van der Waals surface area contributed by atoms with Crippen LogP contribution in [0, 0.1) is 0 Å². The number of benzene rings is 2. The van der Waals surface area contributed by atoms with Crippen molar-refractivity contribution in [2.75, 3.05) is 6.61 Å². The molecule has 0 atom stereocenters. The average Bonchev–Trinajstić information content (AvgIpc) is 2.69. The number of carbonyl (C=O) groups excluding carboxylic acids is 1. The SMILES string of the molecule is CCOc1ccc2ccccc2c1/C=N\NC(=O)c1cccn(C(C)C)c1=O. The van der Waals surface area contributed by atoms with Gasteiger partial charge < -0.3 is 9.30 Å². The maximum absolute atomic E-state index is 12.4. The number of carbonyl (C=O) groups is 1. The topological polar surface area (TPSA) is 72.7 Å². The number of hydrogen-bond acceptors (Lipinski definition) is 4. The second kappa shape index (κ2) is 8.52. The predicted molar refractivity (Wildman–Crippen MR) is 111 cm³/mol. The molecule has 0 saturated heterocycles. The molecule has 0 aliphatic rings. The maximum Gasteiger partial charge on any atom is 0.276 e. The van der Waals surface area contributed by atoms with E-state index in [-0.39, 0.29) is 17.2 Å². The molecule has 0 saturated carbocycles. The Labute approximate surface area is 163 Å². The van der Waals surface area contributed by atoms with Crippen LogP contribution in [0.3, 0.4) is 0 Å². The van der Waals surface area contributed by atoms with Gasteiger partial charge in [-0.1, -0.05) is 30.3 Å². The largest absolute Gasteiger partial charge is 0.493 e. The van der Waals surface area contributed by atoms with Crippen molar-refractivity contribution in [2.24, 2.45) is 5.10 Å². The quantitative estimate of drug-likeness (QED) is 0.525. The molecule has 1 N–H and O–H groups in total. The number of hydrazone groups is 1. The van der Waals surface area contributed by atoms with Crippen molar-refractivity contribution >= 4 is 22.9 Å². The molecular weight excluding hydrogens is 354 g/mol. The van der Waals surface area contributed by atoms with Gasteiger partial charge in [0, 0.05) is 17.8 Å². The van der Waals surface area contributed by atoms with Crippen molar-refractivity contribution in [3.8, 4) is 5.75 Å². The second-order valence-corrected chi connectivity index (χ2v) is 6.56. The smallest absolute Gasteiger partial charge is 0.276 e. The van der Waals surface area contributed by atoms with Crippen molar-refractivity contribution in [3.05, 3.63) is 76.2 Å². The van der Waals surface area contributed by atoms with E-state index in [2.05, 4.69) is 10.5 Å². The van der Waals surface area contributed by atoms with E-state index in [0.717, 1.165) is 16.3 Å². The van der Waals surface area contributed by atoms with E-state index < -0.39 is 5.91 Å². The van der Waals surface area contributed by atoms with Crippen LogP contribution in [0.5, 0.6) is 5.75 Å². The van der Waals surface area contributed by atoms with Gasteiger partial charge in [-0.25, -0.2) is 5.43 Å². The molecule has 0 aliphatic carbocycles. The van der Waals surface area contributed by atoms with Gasteiger partial charge in [0.1, 0.15) is 11.3 Å². The molecule has 0 unspecified atom stereocenters. The van der Waals surface area contributed by atoms with E-state index in [1.54, 1.807) is 18.5 Å². The van der Waals surface area contributed by atoms with E-state index >= 15 is 0 Å². The Morgan fingerprint density at radius 3 is 2.71 bits per heavy atom. The zero-order valence-corrected chi connectivity index (χ0v) is 16.2. The first-order valence-corrected chi connectivity index (χ1v) is 9.22. The first-order chi connectivity index (χ1) is 13.5. The molecule has 1 amide bonds. The minimum absolute atomic E-state index is 0.0341. The number of hydrogen-bond donors (Lipinski definition) is 1. The number of fused-ring (bicyclic) bond motifs is 1. The predicted octanol–water partition coefficient (Wildman–Crippen LogP) is 3.75. The summed E-state index contributed by atoms with van der Waals surface area (Å²) in [6, 6.07) is 14.9. The third-order valence-electron chi connectivity index (χ3n) is 4.37. The summed E-state index contributed by atoms with van der Waals surface area (Å²) < 4.78 is 7.20. The Hall–Kier alpha value is -3.41. The monoisotopic (exact) mass is 377 g/mol. The molecule has 6 nitrogen and oxygen atoms in total.